The number of benzene rings is 1. The fraction of sp³-hybridized carbons (Fsp3) is 0.582. The van der Waals surface area contributed by atoms with Gasteiger partial charge in [-0.3, -0.25) is 34.2 Å². The summed E-state index contributed by atoms with van der Waals surface area (Å²) < 4.78 is 14.2. The fourth-order valence-corrected chi connectivity index (χ4v) is 10.2. The molecule has 2 amide bonds. The van der Waals surface area contributed by atoms with Gasteiger partial charge >= 0.3 is 5.97 Å². The predicted octanol–water partition coefficient (Wildman–Crippen LogP) is 8.74. The second-order valence-corrected chi connectivity index (χ2v) is 19.9. The van der Waals surface area contributed by atoms with E-state index < -0.39 is 29.5 Å². The summed E-state index contributed by atoms with van der Waals surface area (Å²) in [6.07, 6.45) is 9.86. The number of hydrogen-bond acceptors (Lipinski definition) is 13. The molecule has 392 valence electrons. The zero-order chi connectivity index (χ0) is 53.0. The van der Waals surface area contributed by atoms with Gasteiger partial charge in [-0.05, 0) is 103 Å². The number of methoxy groups -OCH3 is 1. The van der Waals surface area contributed by atoms with E-state index in [1.54, 1.807) is 13.3 Å². The molecule has 0 spiro atoms. The van der Waals surface area contributed by atoms with Crippen LogP contribution in [0.4, 0.5) is 0 Å². The second kappa shape index (κ2) is 29.4. The van der Waals surface area contributed by atoms with Crippen LogP contribution in [-0.2, 0) is 52.8 Å². The summed E-state index contributed by atoms with van der Waals surface area (Å²) in [4.78, 5) is 74.0. The number of allylic oxidation sites excluding steroid dienone is 1. The quantitative estimate of drug-likeness (QED) is 0.0835. The number of aldehydes is 1. The van der Waals surface area contributed by atoms with Crippen molar-refractivity contribution in [1.29, 1.82) is 0 Å². The van der Waals surface area contributed by atoms with E-state index in [0.29, 0.717) is 31.7 Å². The Balaban J connectivity index is 0.000000675. The molecule has 2 N–H and O–H groups in total. The molecule has 6 bridgehead atoms. The first-order chi connectivity index (χ1) is 34.1. The minimum atomic E-state index is -0.892. The van der Waals surface area contributed by atoms with Gasteiger partial charge in [0.05, 0.1) is 40.8 Å². The highest BCUT2D eigenvalue weighted by Gasteiger charge is 2.37. The number of hydrazine groups is 1. The lowest BCUT2D eigenvalue weighted by atomic mass is 9.84. The van der Waals surface area contributed by atoms with Crippen molar-refractivity contribution in [1.82, 2.24) is 40.1 Å². The third kappa shape index (κ3) is 15.7. The van der Waals surface area contributed by atoms with E-state index in [2.05, 4.69) is 71.3 Å². The summed E-state index contributed by atoms with van der Waals surface area (Å²) in [5, 5.41) is 8.39. The molecule has 0 aliphatic carbocycles. The lowest BCUT2D eigenvalue weighted by molar-refractivity contribution is -0.155. The zero-order valence-electron chi connectivity index (χ0n) is 45.2. The van der Waals surface area contributed by atoms with Crippen LogP contribution in [0.15, 0.2) is 54.1 Å². The number of ether oxygens (including phenoxy) is 2. The molecule has 15 nitrogen and oxygen atoms in total. The highest BCUT2D eigenvalue weighted by Crippen LogP contribution is 2.42. The number of carbonyl (C=O) groups is 5. The maximum absolute atomic E-state index is 14.2. The number of thiazole rings is 1. The number of carbonyl (C=O) groups excluding carboxylic acids is 5. The highest BCUT2D eigenvalue weighted by atomic mass is 32.1. The average Bonchev–Trinajstić information content (AvgIpc) is 4.13. The van der Waals surface area contributed by atoms with Crippen molar-refractivity contribution in [3.63, 3.8) is 0 Å². The van der Waals surface area contributed by atoms with E-state index in [9.17, 15) is 19.2 Å². The summed E-state index contributed by atoms with van der Waals surface area (Å²) in [5.41, 5.74) is 9.62. The van der Waals surface area contributed by atoms with Crippen molar-refractivity contribution in [2.45, 2.75) is 139 Å². The molecule has 71 heavy (non-hydrogen) atoms. The molecule has 3 aliphatic rings. The van der Waals surface area contributed by atoms with Crippen molar-refractivity contribution in [2.75, 3.05) is 54.0 Å². The van der Waals surface area contributed by atoms with Crippen LogP contribution in [0.25, 0.3) is 33.4 Å². The van der Waals surface area contributed by atoms with Crippen molar-refractivity contribution < 1.29 is 33.4 Å². The van der Waals surface area contributed by atoms with Crippen LogP contribution in [0.2, 0.25) is 0 Å². The molecule has 2 fully saturated rings. The van der Waals surface area contributed by atoms with Gasteiger partial charge in [0.1, 0.15) is 25.2 Å². The number of aromatic nitrogens is 3. The van der Waals surface area contributed by atoms with Gasteiger partial charge in [0.2, 0.25) is 5.91 Å². The van der Waals surface area contributed by atoms with Crippen LogP contribution in [0, 0.1) is 17.3 Å². The topological polar surface area (TPSA) is 168 Å². The Morgan fingerprint density at radius 3 is 2.44 bits per heavy atom. The van der Waals surface area contributed by atoms with Gasteiger partial charge in [-0.2, -0.15) is 0 Å². The molecular formula is C55H84N8O7S. The Morgan fingerprint density at radius 2 is 1.82 bits per heavy atom. The van der Waals surface area contributed by atoms with Crippen LogP contribution in [-0.4, -0.2) is 132 Å². The number of hydrogen-bond donors (Lipinski definition) is 2. The van der Waals surface area contributed by atoms with Crippen molar-refractivity contribution in [2.24, 2.45) is 17.3 Å². The summed E-state index contributed by atoms with van der Waals surface area (Å²) in [6.45, 7) is 28.7. The lowest BCUT2D eigenvalue weighted by Gasteiger charge is -2.36. The number of rotatable bonds is 11. The van der Waals surface area contributed by atoms with E-state index in [1.165, 1.54) is 16.3 Å². The molecule has 0 saturated carbocycles. The lowest BCUT2D eigenvalue weighted by Crippen LogP contribution is -2.61. The number of amides is 2. The Kier molecular flexibility index (Phi) is 24.9. The Hall–Kier alpha value is -5.13. The standard InChI is InChI=1S/C41H55N7O5S.C9H15NO.2C2H6.CH2O/c1-10-47-33-16-15-26-19-28(33)29(37(47)27-13-11-17-42-35(27)25(4)52-9)21-41(5,6)23-53-40(51)30-14-12-18-48(45-30)39(50)31(20-34-43-32(26)22-54-34)44-38(49)36(24(2)3)46(7)8;1-2-3-5-10-6-4-9(7-10)8-11;3*1-2/h11,13,15-17,19,22,24-25,30-31,36,45H,10,12,14,18,20-21,23H2,1-9H3,(H,44,49);2-3,8-9H,4-7H2,1H3;2*1-2H3;1H2/b;3-2+;;;. The van der Waals surface area contributed by atoms with E-state index in [-0.39, 0.29) is 36.9 Å². The molecule has 6 heterocycles. The van der Waals surface area contributed by atoms with Gasteiger partial charge in [-0.1, -0.05) is 73.6 Å². The molecule has 4 aromatic rings. The number of fused-ring (bicyclic) bond motifs is 6. The van der Waals surface area contributed by atoms with Gasteiger partial charge in [0.15, 0.2) is 0 Å². The molecule has 5 atom stereocenters. The van der Waals surface area contributed by atoms with Crippen molar-refractivity contribution in [3.05, 3.63) is 70.3 Å². The van der Waals surface area contributed by atoms with Crippen LogP contribution >= 0.6 is 11.3 Å². The third-order valence-corrected chi connectivity index (χ3v) is 13.6. The van der Waals surface area contributed by atoms with Crippen molar-refractivity contribution >= 4 is 53.1 Å². The SMILES string of the molecule is C/C=C/CN1CCC(C=O)C1.C=O.CC.CC.CCn1c(-c2cccnc2C(C)OC)c2c3cc(ccc31)-c1csc(n1)CC(NC(=O)C(C(C)C)N(C)C)C(=O)N1CCCC(N1)C(=O)OCC(C)(C)C2. The monoisotopic (exact) mass is 1000 g/mol. The van der Waals surface area contributed by atoms with E-state index in [0.717, 1.165) is 88.6 Å². The maximum Gasteiger partial charge on any atom is 0.324 e. The largest absolute Gasteiger partial charge is 0.464 e. The third-order valence-electron chi connectivity index (χ3n) is 12.7. The average molecular weight is 1000 g/mol. The number of aryl methyl sites for hydroxylation is 1. The Morgan fingerprint density at radius 1 is 1.10 bits per heavy atom. The summed E-state index contributed by atoms with van der Waals surface area (Å²) >= 11 is 1.47. The summed E-state index contributed by atoms with van der Waals surface area (Å²) in [5.74, 6) is -0.624. The number of cyclic esters (lactones) is 1. The van der Waals surface area contributed by atoms with E-state index in [1.807, 2.05) is 98.7 Å². The first-order valence-electron chi connectivity index (χ1n) is 25.5. The van der Waals surface area contributed by atoms with Crippen LogP contribution in [0.1, 0.15) is 118 Å². The van der Waals surface area contributed by atoms with Gasteiger partial charge in [0.25, 0.3) is 5.91 Å². The van der Waals surface area contributed by atoms with Gasteiger partial charge in [-0.25, -0.2) is 10.4 Å². The van der Waals surface area contributed by atoms with Crippen LogP contribution in [0.3, 0.4) is 0 Å². The van der Waals surface area contributed by atoms with Crippen molar-refractivity contribution in [3.8, 4) is 22.5 Å². The number of nitrogens with zero attached hydrogens (tertiary/aromatic N) is 6. The number of likely N-dealkylation sites (tertiary alicyclic amines) is 1. The minimum Gasteiger partial charge on any atom is -0.464 e. The van der Waals surface area contributed by atoms with E-state index >= 15 is 0 Å². The second-order valence-electron chi connectivity index (χ2n) is 18.9. The Bertz CT molecular complexity index is 2330. The molecule has 7 rings (SSSR count). The van der Waals surface area contributed by atoms with Crippen LogP contribution in [0.5, 0.6) is 0 Å². The summed E-state index contributed by atoms with van der Waals surface area (Å²) in [7, 11) is 5.42. The number of likely N-dealkylation sites (N-methyl/N-ethyl adjacent to an activating group) is 1. The fourth-order valence-electron chi connectivity index (χ4n) is 9.35. The maximum atomic E-state index is 14.2. The molecule has 0 radical (unpaired) electrons. The number of nitrogens with one attached hydrogen (secondary N) is 2. The van der Waals surface area contributed by atoms with E-state index in [4.69, 9.17) is 24.2 Å². The predicted molar refractivity (Wildman–Crippen MR) is 287 cm³/mol. The highest BCUT2D eigenvalue weighted by molar-refractivity contribution is 7.10. The molecule has 3 aromatic heterocycles. The Labute approximate surface area is 428 Å². The van der Waals surface area contributed by atoms with Gasteiger partial charge in [-0.15, -0.1) is 11.3 Å². The van der Waals surface area contributed by atoms with Gasteiger partial charge < -0.3 is 28.9 Å². The molecule has 16 heteroatoms. The molecule has 1 aromatic carbocycles. The first kappa shape index (κ1) is 60.2. The van der Waals surface area contributed by atoms with Crippen LogP contribution < -0.4 is 10.7 Å². The smallest absolute Gasteiger partial charge is 0.324 e. The first-order valence-corrected chi connectivity index (χ1v) is 26.3. The number of pyridine rings is 1. The molecular weight excluding hydrogens is 917 g/mol. The van der Waals surface area contributed by atoms with Gasteiger partial charge in [0, 0.05) is 84.6 Å². The minimum absolute atomic E-state index is 0.0216. The summed E-state index contributed by atoms with van der Waals surface area (Å²) in [6, 6.07) is 8.51. The molecule has 2 saturated heterocycles. The normalized spacial score (nSPS) is 19.9. The zero-order valence-corrected chi connectivity index (χ0v) is 46.0. The molecule has 5 unspecified atom stereocenters. The molecule has 3 aliphatic heterocycles. The number of esters is 1.